The van der Waals surface area contributed by atoms with E-state index < -0.39 is 5.82 Å². The minimum atomic E-state index is -0.575. The molecule has 2 nitrogen and oxygen atoms in total. The van der Waals surface area contributed by atoms with Gasteiger partial charge in [0.2, 0.25) is 0 Å². The molecule has 2 aromatic rings. The molecular formula is C18H17ClFNO. The van der Waals surface area contributed by atoms with Crippen LogP contribution in [0.4, 0.5) is 4.39 Å². The lowest BCUT2D eigenvalue weighted by atomic mass is 9.97. The summed E-state index contributed by atoms with van der Waals surface area (Å²) in [5, 5.41) is 0.291. The van der Waals surface area contributed by atoms with E-state index in [9.17, 15) is 9.18 Å². The zero-order valence-corrected chi connectivity index (χ0v) is 12.9. The third-order valence-electron chi connectivity index (χ3n) is 4.03. The van der Waals surface area contributed by atoms with Crippen molar-refractivity contribution in [2.45, 2.75) is 19.4 Å². The molecule has 0 spiro atoms. The first-order valence-corrected chi connectivity index (χ1v) is 7.83. The molecule has 1 aliphatic heterocycles. The lowest BCUT2D eigenvalue weighted by molar-refractivity contribution is 0.103. The summed E-state index contributed by atoms with van der Waals surface area (Å²) in [6.07, 6.45) is 2.39. The fraction of sp³-hybridized carbons (Fsp3) is 0.278. The van der Waals surface area contributed by atoms with E-state index in [2.05, 4.69) is 4.90 Å². The molecule has 0 amide bonds. The average molecular weight is 318 g/mol. The molecule has 1 heterocycles. The van der Waals surface area contributed by atoms with E-state index in [1.165, 1.54) is 25.0 Å². The lowest BCUT2D eigenvalue weighted by Crippen LogP contribution is -2.20. The highest BCUT2D eigenvalue weighted by molar-refractivity contribution is 6.30. The molecule has 1 fully saturated rings. The molecule has 3 rings (SSSR count). The van der Waals surface area contributed by atoms with Crippen molar-refractivity contribution in [2.75, 3.05) is 13.1 Å². The number of hydrogen-bond acceptors (Lipinski definition) is 2. The number of hydrogen-bond donors (Lipinski definition) is 0. The van der Waals surface area contributed by atoms with Crippen LogP contribution in [0.3, 0.4) is 0 Å². The monoisotopic (exact) mass is 317 g/mol. The van der Waals surface area contributed by atoms with Crippen LogP contribution in [0.25, 0.3) is 0 Å². The van der Waals surface area contributed by atoms with Crippen LogP contribution in [0.5, 0.6) is 0 Å². The van der Waals surface area contributed by atoms with E-state index in [0.717, 1.165) is 25.2 Å². The number of halogens is 2. The third-order valence-corrected chi connectivity index (χ3v) is 4.27. The predicted molar refractivity (Wildman–Crippen MR) is 85.8 cm³/mol. The number of carbonyl (C=O) groups is 1. The van der Waals surface area contributed by atoms with E-state index >= 15 is 0 Å². The molecule has 0 unspecified atom stereocenters. The smallest absolute Gasteiger partial charge is 0.196 e. The van der Waals surface area contributed by atoms with E-state index in [1.807, 2.05) is 18.2 Å². The Hall–Kier alpha value is -1.71. The Kier molecular flexibility index (Phi) is 4.55. The lowest BCUT2D eigenvalue weighted by Gasteiger charge is -2.17. The van der Waals surface area contributed by atoms with Crippen LogP contribution in [-0.2, 0) is 6.54 Å². The Morgan fingerprint density at radius 1 is 1.09 bits per heavy atom. The van der Waals surface area contributed by atoms with Gasteiger partial charge in [-0.3, -0.25) is 9.69 Å². The van der Waals surface area contributed by atoms with Gasteiger partial charge in [0.05, 0.1) is 5.56 Å². The SMILES string of the molecule is O=C(c1ccc(Cl)cc1F)c1ccccc1CN1CCCC1. The fourth-order valence-electron chi connectivity index (χ4n) is 2.88. The zero-order chi connectivity index (χ0) is 15.5. The Morgan fingerprint density at radius 3 is 2.55 bits per heavy atom. The van der Waals surface area contributed by atoms with Crippen molar-refractivity contribution in [3.8, 4) is 0 Å². The summed E-state index contributed by atoms with van der Waals surface area (Å²) >= 11 is 5.75. The van der Waals surface area contributed by atoms with Crippen LogP contribution in [0.15, 0.2) is 42.5 Å². The zero-order valence-electron chi connectivity index (χ0n) is 12.2. The number of nitrogens with zero attached hydrogens (tertiary/aromatic N) is 1. The molecule has 0 bridgehead atoms. The van der Waals surface area contributed by atoms with Crippen LogP contribution in [0.1, 0.15) is 34.3 Å². The minimum Gasteiger partial charge on any atom is -0.299 e. The van der Waals surface area contributed by atoms with Crippen molar-refractivity contribution in [2.24, 2.45) is 0 Å². The first-order chi connectivity index (χ1) is 10.6. The van der Waals surface area contributed by atoms with Gasteiger partial charge in [0, 0.05) is 17.1 Å². The van der Waals surface area contributed by atoms with Gasteiger partial charge >= 0.3 is 0 Å². The Balaban J connectivity index is 1.91. The second-order valence-electron chi connectivity index (χ2n) is 5.59. The molecule has 0 aliphatic carbocycles. The number of rotatable bonds is 4. The standard InChI is InChI=1S/C18H17ClFNO/c19-14-7-8-16(17(20)11-14)18(22)15-6-2-1-5-13(15)12-21-9-3-4-10-21/h1-2,5-8,11H,3-4,9-10,12H2. The molecule has 2 aromatic carbocycles. The van der Waals surface area contributed by atoms with Gasteiger partial charge in [-0.15, -0.1) is 0 Å². The van der Waals surface area contributed by atoms with Gasteiger partial charge in [-0.2, -0.15) is 0 Å². The van der Waals surface area contributed by atoms with Gasteiger partial charge in [0.1, 0.15) is 5.82 Å². The molecule has 0 atom stereocenters. The highest BCUT2D eigenvalue weighted by Gasteiger charge is 2.19. The van der Waals surface area contributed by atoms with Gasteiger partial charge in [-0.05, 0) is 49.7 Å². The Bertz CT molecular complexity index is 695. The quantitative estimate of drug-likeness (QED) is 0.783. The van der Waals surface area contributed by atoms with Crippen LogP contribution < -0.4 is 0 Å². The van der Waals surface area contributed by atoms with Crippen molar-refractivity contribution < 1.29 is 9.18 Å². The molecule has 0 N–H and O–H groups in total. The third kappa shape index (κ3) is 3.21. The summed E-state index contributed by atoms with van der Waals surface area (Å²) < 4.78 is 14.0. The van der Waals surface area contributed by atoms with Crippen molar-refractivity contribution >= 4 is 17.4 Å². The van der Waals surface area contributed by atoms with Crippen LogP contribution in [-0.4, -0.2) is 23.8 Å². The van der Waals surface area contributed by atoms with Gasteiger partial charge in [-0.1, -0.05) is 35.9 Å². The van der Waals surface area contributed by atoms with Crippen LogP contribution in [0, 0.1) is 5.82 Å². The molecule has 114 valence electrons. The number of benzene rings is 2. The maximum Gasteiger partial charge on any atom is 0.196 e. The summed E-state index contributed by atoms with van der Waals surface area (Å²) in [6.45, 7) is 2.84. The first-order valence-electron chi connectivity index (χ1n) is 7.45. The fourth-order valence-corrected chi connectivity index (χ4v) is 3.04. The average Bonchev–Trinajstić information content (AvgIpc) is 3.00. The first kappa shape index (κ1) is 15.2. The number of likely N-dealkylation sites (tertiary alicyclic amines) is 1. The summed E-state index contributed by atoms with van der Waals surface area (Å²) in [5.74, 6) is -0.863. The van der Waals surface area contributed by atoms with Gasteiger partial charge in [0.25, 0.3) is 0 Å². The molecule has 0 radical (unpaired) electrons. The van der Waals surface area contributed by atoms with E-state index in [4.69, 9.17) is 11.6 Å². The van der Waals surface area contributed by atoms with Crippen molar-refractivity contribution in [3.63, 3.8) is 0 Å². The van der Waals surface area contributed by atoms with E-state index in [0.29, 0.717) is 10.6 Å². The highest BCUT2D eigenvalue weighted by atomic mass is 35.5. The number of carbonyl (C=O) groups excluding carboxylic acids is 1. The van der Waals surface area contributed by atoms with E-state index in [1.54, 1.807) is 12.1 Å². The summed E-state index contributed by atoms with van der Waals surface area (Å²) in [5.41, 5.74) is 1.58. The largest absolute Gasteiger partial charge is 0.299 e. The Labute approximate surface area is 134 Å². The molecule has 1 aliphatic rings. The molecule has 22 heavy (non-hydrogen) atoms. The van der Waals surface area contributed by atoms with Crippen molar-refractivity contribution in [1.29, 1.82) is 0 Å². The van der Waals surface area contributed by atoms with Gasteiger partial charge < -0.3 is 0 Å². The second kappa shape index (κ2) is 6.59. The van der Waals surface area contributed by atoms with Crippen LogP contribution >= 0.6 is 11.6 Å². The second-order valence-corrected chi connectivity index (χ2v) is 6.03. The van der Waals surface area contributed by atoms with E-state index in [-0.39, 0.29) is 11.3 Å². The van der Waals surface area contributed by atoms with Crippen molar-refractivity contribution in [1.82, 2.24) is 4.90 Å². The van der Waals surface area contributed by atoms with Gasteiger partial charge in [0.15, 0.2) is 5.78 Å². The molecule has 1 saturated heterocycles. The highest BCUT2D eigenvalue weighted by Crippen LogP contribution is 2.22. The molecule has 0 saturated carbocycles. The van der Waals surface area contributed by atoms with Crippen molar-refractivity contribution in [3.05, 3.63) is 70.0 Å². The maximum absolute atomic E-state index is 14.0. The number of ketones is 1. The normalized spacial score (nSPS) is 15.2. The predicted octanol–water partition coefficient (Wildman–Crippen LogP) is 4.31. The topological polar surface area (TPSA) is 20.3 Å². The summed E-state index contributed by atoms with van der Waals surface area (Å²) in [4.78, 5) is 15.0. The molecule has 4 heteroatoms. The minimum absolute atomic E-state index is 0.0678. The maximum atomic E-state index is 14.0. The van der Waals surface area contributed by atoms with Gasteiger partial charge in [-0.25, -0.2) is 4.39 Å². The summed E-state index contributed by atoms with van der Waals surface area (Å²) in [6, 6.07) is 11.6. The molecular weight excluding hydrogens is 301 g/mol. The van der Waals surface area contributed by atoms with Crippen LogP contribution in [0.2, 0.25) is 5.02 Å². The molecule has 0 aromatic heterocycles. The summed E-state index contributed by atoms with van der Waals surface area (Å²) in [7, 11) is 0. The Morgan fingerprint density at radius 2 is 1.82 bits per heavy atom.